The van der Waals surface area contributed by atoms with Gasteiger partial charge >= 0.3 is 0 Å². The highest BCUT2D eigenvalue weighted by atomic mass is 19.1. The summed E-state index contributed by atoms with van der Waals surface area (Å²) in [6, 6.07) is 6.65. The number of amides is 1. The summed E-state index contributed by atoms with van der Waals surface area (Å²) in [5.74, 6) is -2.70. The van der Waals surface area contributed by atoms with Gasteiger partial charge in [0.2, 0.25) is 5.91 Å². The average molecular weight is 265 g/mol. The molecule has 0 aromatic heterocycles. The van der Waals surface area contributed by atoms with Gasteiger partial charge in [0.15, 0.2) is 0 Å². The zero-order valence-corrected chi connectivity index (χ0v) is 9.79. The Morgan fingerprint density at radius 3 is 2.11 bits per heavy atom. The molecule has 2 rings (SSSR count). The van der Waals surface area contributed by atoms with E-state index >= 15 is 0 Å². The SMILES string of the molecule is NC(=O)Cc1cc(F)ccc1-c1ccc(F)cc1F. The van der Waals surface area contributed by atoms with Gasteiger partial charge < -0.3 is 5.73 Å². The zero-order valence-electron chi connectivity index (χ0n) is 9.79. The molecular formula is C14H10F3NO. The third-order valence-corrected chi connectivity index (χ3v) is 2.65. The van der Waals surface area contributed by atoms with Gasteiger partial charge in [0.05, 0.1) is 6.42 Å². The van der Waals surface area contributed by atoms with Crippen molar-refractivity contribution in [3.05, 3.63) is 59.4 Å². The molecule has 2 nitrogen and oxygen atoms in total. The van der Waals surface area contributed by atoms with Crippen LogP contribution in [0.1, 0.15) is 5.56 Å². The number of halogens is 3. The summed E-state index contributed by atoms with van der Waals surface area (Å²) in [5, 5.41) is 0. The van der Waals surface area contributed by atoms with Crippen LogP contribution in [0.2, 0.25) is 0 Å². The molecule has 0 fully saturated rings. The summed E-state index contributed by atoms with van der Waals surface area (Å²) in [6.07, 6.45) is -0.218. The van der Waals surface area contributed by atoms with Gasteiger partial charge in [0.25, 0.3) is 0 Å². The number of benzene rings is 2. The molecule has 0 aliphatic carbocycles. The van der Waals surface area contributed by atoms with E-state index in [9.17, 15) is 18.0 Å². The van der Waals surface area contributed by atoms with E-state index in [4.69, 9.17) is 5.73 Å². The Balaban J connectivity index is 2.57. The molecule has 0 saturated heterocycles. The maximum absolute atomic E-state index is 13.7. The first-order valence-electron chi connectivity index (χ1n) is 5.49. The summed E-state index contributed by atoms with van der Waals surface area (Å²) in [6.45, 7) is 0. The van der Waals surface area contributed by atoms with Crippen molar-refractivity contribution in [1.29, 1.82) is 0 Å². The fourth-order valence-electron chi connectivity index (χ4n) is 1.87. The van der Waals surface area contributed by atoms with Gasteiger partial charge in [-0.1, -0.05) is 6.07 Å². The predicted octanol–water partition coefficient (Wildman–Crippen LogP) is 2.80. The molecule has 0 aliphatic rings. The summed E-state index contributed by atoms with van der Waals surface area (Å²) in [4.78, 5) is 10.9. The van der Waals surface area contributed by atoms with E-state index in [1.54, 1.807) is 0 Å². The lowest BCUT2D eigenvalue weighted by molar-refractivity contribution is -0.117. The minimum Gasteiger partial charge on any atom is -0.369 e. The van der Waals surface area contributed by atoms with Crippen molar-refractivity contribution in [3.63, 3.8) is 0 Å². The van der Waals surface area contributed by atoms with Gasteiger partial charge in [-0.05, 0) is 35.4 Å². The number of carbonyl (C=O) groups excluding carboxylic acids is 1. The van der Waals surface area contributed by atoms with Crippen LogP contribution in [-0.2, 0) is 11.2 Å². The Labute approximate surface area is 107 Å². The number of hydrogen-bond acceptors (Lipinski definition) is 1. The van der Waals surface area contributed by atoms with E-state index in [-0.39, 0.29) is 17.5 Å². The third kappa shape index (κ3) is 2.93. The summed E-state index contributed by atoms with van der Waals surface area (Å²) in [5.41, 5.74) is 5.74. The minimum atomic E-state index is -0.780. The van der Waals surface area contributed by atoms with Crippen LogP contribution in [0.15, 0.2) is 36.4 Å². The van der Waals surface area contributed by atoms with Gasteiger partial charge in [-0.3, -0.25) is 4.79 Å². The van der Waals surface area contributed by atoms with Gasteiger partial charge in [-0.15, -0.1) is 0 Å². The Hall–Kier alpha value is -2.30. The molecule has 0 bridgehead atoms. The van der Waals surface area contributed by atoms with E-state index < -0.39 is 23.4 Å². The second-order valence-electron chi connectivity index (χ2n) is 4.07. The molecule has 0 saturated carbocycles. The van der Waals surface area contributed by atoms with E-state index in [2.05, 4.69) is 0 Å². The van der Waals surface area contributed by atoms with Crippen molar-refractivity contribution >= 4 is 5.91 Å². The van der Waals surface area contributed by atoms with Crippen molar-refractivity contribution in [2.45, 2.75) is 6.42 Å². The number of rotatable bonds is 3. The maximum Gasteiger partial charge on any atom is 0.221 e. The van der Waals surface area contributed by atoms with Crippen LogP contribution in [0.3, 0.4) is 0 Å². The van der Waals surface area contributed by atoms with E-state index in [0.717, 1.165) is 24.3 Å². The van der Waals surface area contributed by atoms with Crippen molar-refractivity contribution in [1.82, 2.24) is 0 Å². The molecule has 0 aliphatic heterocycles. The highest BCUT2D eigenvalue weighted by molar-refractivity contribution is 5.80. The lowest BCUT2D eigenvalue weighted by atomic mass is 9.97. The molecule has 0 spiro atoms. The van der Waals surface area contributed by atoms with Gasteiger partial charge in [-0.25, -0.2) is 13.2 Å². The summed E-state index contributed by atoms with van der Waals surface area (Å²) < 4.78 is 39.7. The Morgan fingerprint density at radius 1 is 0.947 bits per heavy atom. The molecule has 0 atom stereocenters. The van der Waals surface area contributed by atoms with Crippen LogP contribution in [0.25, 0.3) is 11.1 Å². The maximum atomic E-state index is 13.7. The number of primary amides is 1. The van der Waals surface area contributed by atoms with Crippen LogP contribution in [-0.4, -0.2) is 5.91 Å². The normalized spacial score (nSPS) is 10.5. The molecule has 2 aromatic rings. The summed E-state index contributed by atoms with van der Waals surface area (Å²) >= 11 is 0. The topological polar surface area (TPSA) is 43.1 Å². The Bertz CT molecular complexity index is 641. The smallest absolute Gasteiger partial charge is 0.221 e. The van der Waals surface area contributed by atoms with E-state index in [1.165, 1.54) is 12.1 Å². The first-order chi connectivity index (χ1) is 8.97. The van der Waals surface area contributed by atoms with Crippen molar-refractivity contribution in [2.75, 3.05) is 0 Å². The standard InChI is InChI=1S/C14H10F3NO/c15-9-1-3-11(8(5-9)6-14(18)19)12-4-2-10(16)7-13(12)17/h1-5,7H,6H2,(H2,18,19). The molecule has 2 N–H and O–H groups in total. The van der Waals surface area contributed by atoms with Crippen molar-refractivity contribution < 1.29 is 18.0 Å². The fourth-order valence-corrected chi connectivity index (χ4v) is 1.87. The number of carbonyl (C=O) groups is 1. The van der Waals surface area contributed by atoms with Crippen LogP contribution in [0.4, 0.5) is 13.2 Å². The molecule has 19 heavy (non-hydrogen) atoms. The molecule has 98 valence electrons. The predicted molar refractivity (Wildman–Crippen MR) is 64.7 cm³/mol. The van der Waals surface area contributed by atoms with Crippen LogP contribution in [0, 0.1) is 17.5 Å². The first-order valence-corrected chi connectivity index (χ1v) is 5.49. The zero-order chi connectivity index (χ0) is 14.0. The number of nitrogens with two attached hydrogens (primary N) is 1. The van der Waals surface area contributed by atoms with Crippen LogP contribution < -0.4 is 5.73 Å². The monoisotopic (exact) mass is 265 g/mol. The second kappa shape index (κ2) is 5.14. The molecule has 0 radical (unpaired) electrons. The average Bonchev–Trinajstić information content (AvgIpc) is 2.30. The highest BCUT2D eigenvalue weighted by Gasteiger charge is 2.13. The molecule has 1 amide bonds. The Morgan fingerprint density at radius 2 is 1.53 bits per heavy atom. The second-order valence-corrected chi connectivity index (χ2v) is 4.07. The lowest BCUT2D eigenvalue weighted by Gasteiger charge is -2.09. The van der Waals surface area contributed by atoms with Crippen molar-refractivity contribution in [3.8, 4) is 11.1 Å². The van der Waals surface area contributed by atoms with Gasteiger partial charge in [-0.2, -0.15) is 0 Å². The summed E-state index contributed by atoms with van der Waals surface area (Å²) in [7, 11) is 0. The van der Waals surface area contributed by atoms with Crippen molar-refractivity contribution in [2.24, 2.45) is 5.73 Å². The van der Waals surface area contributed by atoms with Crippen LogP contribution in [0.5, 0.6) is 0 Å². The van der Waals surface area contributed by atoms with Gasteiger partial charge in [0.1, 0.15) is 17.5 Å². The van der Waals surface area contributed by atoms with Crippen LogP contribution >= 0.6 is 0 Å². The molecule has 2 aromatic carbocycles. The molecule has 0 heterocycles. The Kier molecular flexibility index (Phi) is 3.55. The first kappa shape index (κ1) is 13.1. The van der Waals surface area contributed by atoms with Gasteiger partial charge in [0, 0.05) is 11.6 Å². The minimum absolute atomic E-state index is 0.0950. The highest BCUT2D eigenvalue weighted by Crippen LogP contribution is 2.28. The quantitative estimate of drug-likeness (QED) is 0.911. The lowest BCUT2D eigenvalue weighted by Crippen LogP contribution is -2.14. The largest absolute Gasteiger partial charge is 0.369 e. The van der Waals surface area contributed by atoms with E-state index in [0.29, 0.717) is 5.56 Å². The molecule has 5 heteroatoms. The fraction of sp³-hybridized carbons (Fsp3) is 0.0714. The number of hydrogen-bond donors (Lipinski definition) is 1. The molecular weight excluding hydrogens is 255 g/mol. The molecule has 0 unspecified atom stereocenters. The third-order valence-electron chi connectivity index (χ3n) is 2.65. The van der Waals surface area contributed by atoms with E-state index in [1.807, 2.05) is 0 Å².